The van der Waals surface area contributed by atoms with E-state index in [1.54, 1.807) is 24.3 Å². The van der Waals surface area contributed by atoms with Crippen LogP contribution < -0.4 is 11.1 Å². The van der Waals surface area contributed by atoms with Gasteiger partial charge in [0.05, 0.1) is 6.61 Å². The van der Waals surface area contributed by atoms with E-state index in [1.807, 2.05) is 0 Å². The maximum atomic E-state index is 11.9. The number of furan rings is 1. The molecule has 1 aromatic heterocycles. The second-order valence-corrected chi connectivity index (χ2v) is 5.46. The topological polar surface area (TPSA) is 77.5 Å². The van der Waals surface area contributed by atoms with Crippen LogP contribution in [0.15, 0.2) is 28.7 Å². The Balaban J connectivity index is 1.79. The summed E-state index contributed by atoms with van der Waals surface area (Å²) in [6.07, 6.45) is 1.03. The quantitative estimate of drug-likeness (QED) is 0.607. The fraction of sp³-hybridized carbons (Fsp3) is 0.438. The zero-order chi connectivity index (χ0) is 15.2. The number of fused-ring (bicyclic) bond motifs is 1. The highest BCUT2D eigenvalue weighted by Crippen LogP contribution is 2.21. The molecule has 114 valence electrons. The Labute approximate surface area is 124 Å². The van der Waals surface area contributed by atoms with E-state index < -0.39 is 0 Å². The molecule has 1 amide bonds. The highest BCUT2D eigenvalue weighted by molar-refractivity contribution is 5.96. The Bertz CT molecular complexity index is 605. The Morgan fingerprint density at radius 2 is 2.14 bits per heavy atom. The van der Waals surface area contributed by atoms with Crippen LogP contribution in [0, 0.1) is 5.92 Å². The van der Waals surface area contributed by atoms with Crippen molar-refractivity contribution in [3.05, 3.63) is 30.0 Å². The summed E-state index contributed by atoms with van der Waals surface area (Å²) in [6.45, 7) is 6.00. The Morgan fingerprint density at radius 1 is 1.33 bits per heavy atom. The number of benzene rings is 1. The molecule has 0 aliphatic rings. The monoisotopic (exact) mass is 290 g/mol. The van der Waals surface area contributed by atoms with Gasteiger partial charge >= 0.3 is 0 Å². The number of nitrogens with two attached hydrogens (primary N) is 1. The van der Waals surface area contributed by atoms with Gasteiger partial charge < -0.3 is 20.2 Å². The third kappa shape index (κ3) is 4.49. The highest BCUT2D eigenvalue weighted by Gasteiger charge is 2.11. The molecule has 2 rings (SSSR count). The predicted molar refractivity (Wildman–Crippen MR) is 83.2 cm³/mol. The number of nitrogen functional groups attached to an aromatic ring is 1. The minimum atomic E-state index is -0.239. The van der Waals surface area contributed by atoms with Gasteiger partial charge in [0.2, 0.25) is 0 Å². The van der Waals surface area contributed by atoms with Crippen molar-refractivity contribution in [2.75, 3.05) is 25.5 Å². The Morgan fingerprint density at radius 3 is 2.90 bits per heavy atom. The number of rotatable bonds is 7. The number of anilines is 1. The van der Waals surface area contributed by atoms with Gasteiger partial charge in [-0.1, -0.05) is 13.8 Å². The summed E-state index contributed by atoms with van der Waals surface area (Å²) >= 11 is 0. The molecule has 21 heavy (non-hydrogen) atoms. The van der Waals surface area contributed by atoms with Crippen LogP contribution in [0.3, 0.4) is 0 Å². The maximum absolute atomic E-state index is 11.9. The Hall–Kier alpha value is -2.01. The lowest BCUT2D eigenvalue weighted by Crippen LogP contribution is -2.27. The van der Waals surface area contributed by atoms with Gasteiger partial charge in [-0.05, 0) is 36.6 Å². The zero-order valence-corrected chi connectivity index (χ0v) is 12.5. The lowest BCUT2D eigenvalue weighted by Gasteiger charge is -2.06. The summed E-state index contributed by atoms with van der Waals surface area (Å²) in [4.78, 5) is 11.9. The molecule has 0 saturated carbocycles. The lowest BCUT2D eigenvalue weighted by molar-refractivity contribution is 0.0882. The molecule has 0 spiro atoms. The average molecular weight is 290 g/mol. The van der Waals surface area contributed by atoms with E-state index >= 15 is 0 Å². The van der Waals surface area contributed by atoms with Gasteiger partial charge in [0, 0.05) is 24.2 Å². The van der Waals surface area contributed by atoms with E-state index in [1.165, 1.54) is 0 Å². The van der Waals surface area contributed by atoms with Gasteiger partial charge in [-0.2, -0.15) is 0 Å². The number of ether oxygens (including phenoxy) is 1. The summed E-state index contributed by atoms with van der Waals surface area (Å²) < 4.78 is 10.9. The van der Waals surface area contributed by atoms with Gasteiger partial charge in [0.1, 0.15) is 5.58 Å². The molecule has 5 heteroatoms. The van der Waals surface area contributed by atoms with Crippen molar-refractivity contribution >= 4 is 22.6 Å². The summed E-state index contributed by atoms with van der Waals surface area (Å²) in [5.74, 6) is 0.678. The molecule has 1 aromatic carbocycles. The molecule has 0 radical (unpaired) electrons. The van der Waals surface area contributed by atoms with Crippen molar-refractivity contribution < 1.29 is 13.9 Å². The summed E-state index contributed by atoms with van der Waals surface area (Å²) in [5, 5.41) is 3.60. The van der Waals surface area contributed by atoms with Crippen molar-refractivity contribution in [1.82, 2.24) is 5.32 Å². The number of amides is 1. The molecule has 0 atom stereocenters. The first kappa shape index (κ1) is 15.4. The van der Waals surface area contributed by atoms with Gasteiger partial charge in [-0.15, -0.1) is 0 Å². The number of hydrogen-bond acceptors (Lipinski definition) is 4. The second-order valence-electron chi connectivity index (χ2n) is 5.46. The van der Waals surface area contributed by atoms with Gasteiger partial charge in [0.15, 0.2) is 5.76 Å². The van der Waals surface area contributed by atoms with Crippen molar-refractivity contribution in [2.24, 2.45) is 5.92 Å². The number of carbonyl (C=O) groups excluding carboxylic acids is 1. The molecule has 0 bridgehead atoms. The molecule has 0 aliphatic carbocycles. The van der Waals surface area contributed by atoms with Crippen LogP contribution in [0.4, 0.5) is 5.69 Å². The molecule has 3 N–H and O–H groups in total. The number of hydrogen-bond donors (Lipinski definition) is 2. The fourth-order valence-corrected chi connectivity index (χ4v) is 1.92. The van der Waals surface area contributed by atoms with Crippen LogP contribution in [0.2, 0.25) is 0 Å². The van der Waals surface area contributed by atoms with Crippen molar-refractivity contribution in [3.63, 3.8) is 0 Å². The Kier molecular flexibility index (Phi) is 5.22. The standard InChI is InChI=1S/C16H22N2O3/c1-11(2)5-7-20-8-6-18-16(19)15-10-12-9-13(17)3-4-14(12)21-15/h3-4,9-11H,5-8,17H2,1-2H3,(H,18,19). The highest BCUT2D eigenvalue weighted by atomic mass is 16.5. The summed E-state index contributed by atoms with van der Waals surface area (Å²) in [7, 11) is 0. The van der Waals surface area contributed by atoms with Gasteiger partial charge in [-0.25, -0.2) is 0 Å². The van der Waals surface area contributed by atoms with Gasteiger partial charge in [0.25, 0.3) is 5.91 Å². The predicted octanol–water partition coefficient (Wildman–Crippen LogP) is 2.81. The molecule has 2 aromatic rings. The molecule has 1 heterocycles. The van der Waals surface area contributed by atoms with Crippen molar-refractivity contribution in [2.45, 2.75) is 20.3 Å². The van der Waals surface area contributed by atoms with Gasteiger partial charge in [-0.3, -0.25) is 4.79 Å². The maximum Gasteiger partial charge on any atom is 0.287 e. The fourth-order valence-electron chi connectivity index (χ4n) is 1.92. The van der Waals surface area contributed by atoms with Crippen molar-refractivity contribution in [3.8, 4) is 0 Å². The zero-order valence-electron chi connectivity index (χ0n) is 12.5. The first-order chi connectivity index (χ1) is 10.1. The summed E-state index contributed by atoms with van der Waals surface area (Å²) in [6, 6.07) is 6.98. The minimum absolute atomic E-state index is 0.239. The van der Waals surface area contributed by atoms with Crippen LogP contribution in [0.25, 0.3) is 11.0 Å². The van der Waals surface area contributed by atoms with E-state index in [-0.39, 0.29) is 11.7 Å². The molecule has 0 saturated heterocycles. The number of carbonyl (C=O) groups is 1. The van der Waals surface area contributed by atoms with Crippen LogP contribution >= 0.6 is 0 Å². The summed E-state index contributed by atoms with van der Waals surface area (Å²) in [5.41, 5.74) is 7.00. The molecule has 0 unspecified atom stereocenters. The minimum Gasteiger partial charge on any atom is -0.451 e. The third-order valence-corrected chi connectivity index (χ3v) is 3.14. The normalized spacial score (nSPS) is 11.2. The average Bonchev–Trinajstić information content (AvgIpc) is 2.85. The van der Waals surface area contributed by atoms with Crippen LogP contribution in [-0.2, 0) is 4.74 Å². The van der Waals surface area contributed by atoms with E-state index in [4.69, 9.17) is 14.9 Å². The molecule has 0 fully saturated rings. The van der Waals surface area contributed by atoms with Crippen LogP contribution in [0.1, 0.15) is 30.8 Å². The molecule has 0 aliphatic heterocycles. The smallest absolute Gasteiger partial charge is 0.287 e. The molecule has 5 nitrogen and oxygen atoms in total. The second kappa shape index (κ2) is 7.13. The van der Waals surface area contributed by atoms with E-state index in [0.29, 0.717) is 30.3 Å². The first-order valence-electron chi connectivity index (χ1n) is 7.21. The largest absolute Gasteiger partial charge is 0.451 e. The van der Waals surface area contributed by atoms with Crippen LogP contribution in [-0.4, -0.2) is 25.7 Å². The SMILES string of the molecule is CC(C)CCOCCNC(=O)c1cc2cc(N)ccc2o1. The molecular formula is C16H22N2O3. The van der Waals surface area contributed by atoms with Crippen molar-refractivity contribution in [1.29, 1.82) is 0 Å². The van der Waals surface area contributed by atoms with Crippen LogP contribution in [0.5, 0.6) is 0 Å². The molecular weight excluding hydrogens is 268 g/mol. The number of nitrogens with one attached hydrogen (secondary N) is 1. The van der Waals surface area contributed by atoms with E-state index in [9.17, 15) is 4.79 Å². The van der Waals surface area contributed by atoms with E-state index in [2.05, 4.69) is 19.2 Å². The third-order valence-electron chi connectivity index (χ3n) is 3.14. The van der Waals surface area contributed by atoms with E-state index in [0.717, 1.165) is 18.4 Å². The lowest BCUT2D eigenvalue weighted by atomic mass is 10.1. The first-order valence-corrected chi connectivity index (χ1v) is 7.21.